The van der Waals surface area contributed by atoms with Crippen LogP contribution in [-0.4, -0.2) is 5.16 Å². The van der Waals surface area contributed by atoms with E-state index in [4.69, 9.17) is 0 Å². The smallest absolute Gasteiger partial charge is 0.0634 e. The van der Waals surface area contributed by atoms with Gasteiger partial charge in [-0.25, -0.2) is 4.99 Å². The summed E-state index contributed by atoms with van der Waals surface area (Å²) in [5.74, 6) is 0. The first kappa shape index (κ1) is 7.28. The Labute approximate surface area is 54.4 Å². The lowest BCUT2D eigenvalue weighted by molar-refractivity contribution is 1.60. The van der Waals surface area contributed by atoms with Gasteiger partial charge in [-0.15, -0.1) is 0 Å². The van der Waals surface area contributed by atoms with Gasteiger partial charge in [0.1, 0.15) is 0 Å². The fraction of sp³-hybridized carbons (Fsp3) is 0.167. The first-order valence-electron chi connectivity index (χ1n) is 2.26. The summed E-state index contributed by atoms with van der Waals surface area (Å²) >= 11 is 4.31. The number of isothiocyanates is 1. The lowest BCUT2D eigenvalue weighted by Gasteiger charge is -1.65. The second kappa shape index (κ2) is 6.28. The van der Waals surface area contributed by atoms with Crippen molar-refractivity contribution in [3.05, 3.63) is 24.4 Å². The molecule has 0 saturated heterocycles. The van der Waals surface area contributed by atoms with Crippen molar-refractivity contribution in [3.8, 4) is 0 Å². The number of rotatable bonds is 2. The standard InChI is InChI=1S/C6H7NS/c1-2-3-4-5-7-6-8/h2-5H,1H3/b3-2-,5-4-. The molecule has 0 bridgehead atoms. The van der Waals surface area contributed by atoms with E-state index in [9.17, 15) is 0 Å². The summed E-state index contributed by atoms with van der Waals surface area (Å²) in [6, 6.07) is 0. The Morgan fingerprint density at radius 1 is 1.50 bits per heavy atom. The fourth-order valence-corrected chi connectivity index (χ4v) is 0.295. The number of nitrogens with zero attached hydrogens (tertiary/aromatic N) is 1. The molecule has 0 atom stereocenters. The van der Waals surface area contributed by atoms with E-state index in [-0.39, 0.29) is 0 Å². The maximum absolute atomic E-state index is 4.31. The fourth-order valence-electron chi connectivity index (χ4n) is 0.234. The second-order valence-corrected chi connectivity index (χ2v) is 1.27. The minimum Gasteiger partial charge on any atom is -0.203 e. The maximum atomic E-state index is 4.31. The second-order valence-electron chi connectivity index (χ2n) is 1.09. The zero-order valence-electron chi connectivity index (χ0n) is 4.66. The molecule has 0 aliphatic rings. The van der Waals surface area contributed by atoms with E-state index in [0.717, 1.165) is 0 Å². The molecular weight excluding hydrogens is 118 g/mol. The molecule has 0 saturated carbocycles. The number of hydrogen-bond acceptors (Lipinski definition) is 2. The molecule has 0 radical (unpaired) electrons. The molecule has 0 heterocycles. The van der Waals surface area contributed by atoms with Gasteiger partial charge in [-0.05, 0) is 25.2 Å². The molecule has 0 unspecified atom stereocenters. The summed E-state index contributed by atoms with van der Waals surface area (Å²) in [4.78, 5) is 3.54. The van der Waals surface area contributed by atoms with Crippen molar-refractivity contribution in [1.29, 1.82) is 0 Å². The van der Waals surface area contributed by atoms with Crippen LogP contribution in [0.15, 0.2) is 29.4 Å². The molecule has 0 aromatic heterocycles. The lowest BCUT2D eigenvalue weighted by Crippen LogP contribution is -1.46. The Hall–Kier alpha value is -0.720. The molecule has 0 aromatic carbocycles. The average molecular weight is 125 g/mol. The van der Waals surface area contributed by atoms with Gasteiger partial charge in [-0.1, -0.05) is 12.2 Å². The Morgan fingerprint density at radius 3 is 2.75 bits per heavy atom. The molecule has 1 nitrogen and oxygen atoms in total. The average Bonchev–Trinajstić information content (AvgIpc) is 1.81. The third-order valence-corrected chi connectivity index (χ3v) is 0.622. The summed E-state index contributed by atoms with van der Waals surface area (Å²) < 4.78 is 0. The van der Waals surface area contributed by atoms with E-state index in [2.05, 4.69) is 22.4 Å². The Balaban J connectivity index is 3.50. The predicted octanol–water partition coefficient (Wildman–Crippen LogP) is 2.18. The van der Waals surface area contributed by atoms with Crippen molar-refractivity contribution in [3.63, 3.8) is 0 Å². The highest BCUT2D eigenvalue weighted by Gasteiger charge is 1.54. The molecule has 0 rings (SSSR count). The van der Waals surface area contributed by atoms with E-state index >= 15 is 0 Å². The van der Waals surface area contributed by atoms with Crippen LogP contribution in [0.2, 0.25) is 0 Å². The normalized spacial score (nSPS) is 10.1. The van der Waals surface area contributed by atoms with E-state index in [1.165, 1.54) is 0 Å². The summed E-state index contributed by atoms with van der Waals surface area (Å²) in [7, 11) is 0. The molecule has 0 aliphatic carbocycles. The Morgan fingerprint density at radius 2 is 2.25 bits per heavy atom. The van der Waals surface area contributed by atoms with Crippen LogP contribution >= 0.6 is 12.2 Å². The number of hydrogen-bond donors (Lipinski definition) is 0. The molecule has 0 N–H and O–H groups in total. The SMILES string of the molecule is C/C=C\C=C/N=C=S. The minimum atomic E-state index is 1.59. The van der Waals surface area contributed by atoms with Crippen LogP contribution in [0.4, 0.5) is 0 Å². The van der Waals surface area contributed by atoms with Crippen LogP contribution in [0.5, 0.6) is 0 Å². The van der Waals surface area contributed by atoms with Crippen LogP contribution in [0.25, 0.3) is 0 Å². The lowest BCUT2D eigenvalue weighted by atomic mass is 10.5. The molecule has 8 heavy (non-hydrogen) atoms. The summed E-state index contributed by atoms with van der Waals surface area (Å²) in [5, 5.41) is 2.21. The summed E-state index contributed by atoms with van der Waals surface area (Å²) in [5.41, 5.74) is 0. The third-order valence-electron chi connectivity index (χ3n) is 0.517. The van der Waals surface area contributed by atoms with Crippen molar-refractivity contribution >= 4 is 17.4 Å². The number of aliphatic imine (C=N–C) groups is 1. The first-order chi connectivity index (χ1) is 3.91. The highest BCUT2D eigenvalue weighted by Crippen LogP contribution is 1.74. The van der Waals surface area contributed by atoms with E-state index in [1.54, 1.807) is 12.3 Å². The van der Waals surface area contributed by atoms with Crippen molar-refractivity contribution in [2.45, 2.75) is 6.92 Å². The largest absolute Gasteiger partial charge is 0.203 e. The van der Waals surface area contributed by atoms with Gasteiger partial charge < -0.3 is 0 Å². The highest BCUT2D eigenvalue weighted by atomic mass is 32.1. The monoisotopic (exact) mass is 125 g/mol. The van der Waals surface area contributed by atoms with Crippen molar-refractivity contribution in [2.24, 2.45) is 4.99 Å². The molecule has 0 aromatic rings. The Bertz CT molecular complexity index is 141. The van der Waals surface area contributed by atoms with Crippen LogP contribution in [0.3, 0.4) is 0 Å². The number of allylic oxidation sites excluding steroid dienone is 3. The topological polar surface area (TPSA) is 12.4 Å². The van der Waals surface area contributed by atoms with Gasteiger partial charge >= 0.3 is 0 Å². The van der Waals surface area contributed by atoms with Crippen molar-refractivity contribution in [2.75, 3.05) is 0 Å². The van der Waals surface area contributed by atoms with Crippen LogP contribution in [0.1, 0.15) is 6.92 Å². The predicted molar refractivity (Wildman–Crippen MR) is 39.0 cm³/mol. The quantitative estimate of drug-likeness (QED) is 0.313. The maximum Gasteiger partial charge on any atom is 0.0634 e. The van der Waals surface area contributed by atoms with Gasteiger partial charge in [0.05, 0.1) is 5.16 Å². The van der Waals surface area contributed by atoms with Crippen LogP contribution in [0, 0.1) is 0 Å². The minimum absolute atomic E-state index is 1.59. The van der Waals surface area contributed by atoms with E-state index in [0.29, 0.717) is 0 Å². The zero-order valence-corrected chi connectivity index (χ0v) is 5.48. The molecule has 0 aliphatic heterocycles. The third kappa shape index (κ3) is 5.28. The molecule has 2 heteroatoms. The molecular formula is C6H7NS. The first-order valence-corrected chi connectivity index (χ1v) is 2.67. The van der Waals surface area contributed by atoms with E-state index in [1.807, 2.05) is 19.1 Å². The van der Waals surface area contributed by atoms with Gasteiger partial charge in [-0.3, -0.25) is 0 Å². The molecule has 42 valence electrons. The molecule has 0 fully saturated rings. The summed E-state index contributed by atoms with van der Waals surface area (Å²) in [6.07, 6.45) is 7.16. The van der Waals surface area contributed by atoms with Crippen LogP contribution in [-0.2, 0) is 0 Å². The van der Waals surface area contributed by atoms with Crippen molar-refractivity contribution in [1.82, 2.24) is 0 Å². The zero-order chi connectivity index (χ0) is 6.24. The molecule has 0 amide bonds. The van der Waals surface area contributed by atoms with Gasteiger partial charge in [0.25, 0.3) is 0 Å². The van der Waals surface area contributed by atoms with Gasteiger partial charge in [0.2, 0.25) is 0 Å². The summed E-state index contributed by atoms with van der Waals surface area (Å²) in [6.45, 7) is 1.94. The van der Waals surface area contributed by atoms with Crippen LogP contribution < -0.4 is 0 Å². The number of thiocarbonyl (C=S) groups is 1. The van der Waals surface area contributed by atoms with Gasteiger partial charge in [-0.2, -0.15) is 0 Å². The van der Waals surface area contributed by atoms with Gasteiger partial charge in [0.15, 0.2) is 0 Å². The van der Waals surface area contributed by atoms with Gasteiger partial charge in [0, 0.05) is 6.20 Å². The van der Waals surface area contributed by atoms with E-state index < -0.39 is 0 Å². The molecule has 0 spiro atoms. The van der Waals surface area contributed by atoms with Crippen molar-refractivity contribution < 1.29 is 0 Å². The Kier molecular flexibility index (Phi) is 5.71. The highest BCUT2D eigenvalue weighted by molar-refractivity contribution is 7.78.